The number of nitrogens with one attached hydrogen (secondary N) is 2. The van der Waals surface area contributed by atoms with E-state index in [-0.39, 0.29) is 11.6 Å². The maximum Gasteiger partial charge on any atom is 0.292 e. The molecule has 0 atom stereocenters. The van der Waals surface area contributed by atoms with Crippen molar-refractivity contribution in [1.82, 2.24) is 0 Å². The van der Waals surface area contributed by atoms with Crippen molar-refractivity contribution in [1.29, 1.82) is 0 Å². The molecule has 2 aromatic carbocycles. The van der Waals surface area contributed by atoms with Gasteiger partial charge in [-0.15, -0.1) is 0 Å². The molecular formula is C16H17N3O4. The van der Waals surface area contributed by atoms with E-state index in [4.69, 9.17) is 4.74 Å². The highest BCUT2D eigenvalue weighted by molar-refractivity contribution is 5.91. The quantitative estimate of drug-likeness (QED) is 0.649. The van der Waals surface area contributed by atoms with Crippen molar-refractivity contribution in [3.63, 3.8) is 0 Å². The molecule has 23 heavy (non-hydrogen) atoms. The van der Waals surface area contributed by atoms with Gasteiger partial charge in [-0.2, -0.15) is 0 Å². The molecule has 0 bridgehead atoms. The molecule has 7 heteroatoms. The molecule has 0 fully saturated rings. The maximum absolute atomic E-state index is 11.3. The van der Waals surface area contributed by atoms with Crippen molar-refractivity contribution in [2.24, 2.45) is 0 Å². The Morgan fingerprint density at radius 2 is 1.91 bits per heavy atom. The molecule has 0 saturated heterocycles. The molecule has 0 unspecified atom stereocenters. The minimum Gasteiger partial charge on any atom is -0.495 e. The average molecular weight is 315 g/mol. The smallest absolute Gasteiger partial charge is 0.292 e. The molecule has 2 rings (SSSR count). The van der Waals surface area contributed by atoms with Gasteiger partial charge in [0.1, 0.15) is 11.4 Å². The molecular weight excluding hydrogens is 298 g/mol. The molecule has 0 radical (unpaired) electrons. The van der Waals surface area contributed by atoms with Gasteiger partial charge in [0.05, 0.1) is 17.7 Å². The van der Waals surface area contributed by atoms with Gasteiger partial charge in [-0.25, -0.2) is 0 Å². The standard InChI is InChI=1S/C16H17N3O4/c1-10-4-6-13(15(8-10)19(21)22)18-12-5-7-16(23-3)14(9-12)17-11(2)20/h4-9,18H,1-3H3,(H,17,20). The summed E-state index contributed by atoms with van der Waals surface area (Å²) in [5.74, 6) is 0.269. The molecule has 0 aliphatic rings. The third kappa shape index (κ3) is 3.97. The zero-order valence-electron chi connectivity index (χ0n) is 13.0. The number of nitrogens with zero attached hydrogens (tertiary/aromatic N) is 1. The van der Waals surface area contributed by atoms with Crippen molar-refractivity contribution in [2.45, 2.75) is 13.8 Å². The van der Waals surface area contributed by atoms with Crippen LogP contribution in [0.3, 0.4) is 0 Å². The number of methoxy groups -OCH3 is 1. The second-order valence-corrected chi connectivity index (χ2v) is 5.00. The number of carbonyl (C=O) groups is 1. The minimum absolute atomic E-state index is 0.0121. The summed E-state index contributed by atoms with van der Waals surface area (Å²) in [7, 11) is 1.50. The summed E-state index contributed by atoms with van der Waals surface area (Å²) in [5, 5.41) is 16.8. The Labute approximate surface area is 133 Å². The van der Waals surface area contributed by atoms with Gasteiger partial charge in [-0.05, 0) is 36.8 Å². The Hall–Kier alpha value is -3.09. The molecule has 0 spiro atoms. The fourth-order valence-electron chi connectivity index (χ4n) is 2.13. The first-order valence-electron chi connectivity index (χ1n) is 6.88. The number of carbonyl (C=O) groups excluding carboxylic acids is 1. The van der Waals surface area contributed by atoms with Gasteiger partial charge in [0, 0.05) is 18.7 Å². The first-order chi connectivity index (χ1) is 10.9. The van der Waals surface area contributed by atoms with Gasteiger partial charge in [0.15, 0.2) is 0 Å². The van der Waals surface area contributed by atoms with Crippen LogP contribution in [0.15, 0.2) is 36.4 Å². The normalized spacial score (nSPS) is 10.0. The summed E-state index contributed by atoms with van der Waals surface area (Å²) in [6.45, 7) is 3.18. The van der Waals surface area contributed by atoms with Crippen molar-refractivity contribution < 1.29 is 14.5 Å². The zero-order chi connectivity index (χ0) is 17.0. The second kappa shape index (κ2) is 6.78. The van der Waals surface area contributed by atoms with Gasteiger partial charge in [-0.3, -0.25) is 14.9 Å². The lowest BCUT2D eigenvalue weighted by Crippen LogP contribution is -2.07. The summed E-state index contributed by atoms with van der Waals surface area (Å²) in [5.41, 5.74) is 2.25. The van der Waals surface area contributed by atoms with E-state index in [1.54, 1.807) is 37.3 Å². The van der Waals surface area contributed by atoms with Gasteiger partial charge >= 0.3 is 0 Å². The molecule has 7 nitrogen and oxygen atoms in total. The number of rotatable bonds is 5. The van der Waals surface area contributed by atoms with Crippen LogP contribution in [0, 0.1) is 17.0 Å². The summed E-state index contributed by atoms with van der Waals surface area (Å²) >= 11 is 0. The second-order valence-electron chi connectivity index (χ2n) is 5.00. The Morgan fingerprint density at radius 3 is 2.52 bits per heavy atom. The lowest BCUT2D eigenvalue weighted by atomic mass is 10.2. The van der Waals surface area contributed by atoms with Crippen LogP contribution in [-0.2, 0) is 4.79 Å². The van der Waals surface area contributed by atoms with Gasteiger partial charge in [-0.1, -0.05) is 6.07 Å². The van der Waals surface area contributed by atoms with Gasteiger partial charge < -0.3 is 15.4 Å². The van der Waals surface area contributed by atoms with Crippen LogP contribution in [0.1, 0.15) is 12.5 Å². The number of ether oxygens (including phenoxy) is 1. The lowest BCUT2D eigenvalue weighted by Gasteiger charge is -2.13. The molecule has 120 valence electrons. The number of hydrogen-bond donors (Lipinski definition) is 2. The molecule has 0 aromatic heterocycles. The first kappa shape index (κ1) is 16.3. The first-order valence-corrected chi connectivity index (χ1v) is 6.88. The van der Waals surface area contributed by atoms with E-state index in [0.29, 0.717) is 22.8 Å². The number of anilines is 3. The van der Waals surface area contributed by atoms with Crippen molar-refractivity contribution >= 4 is 28.7 Å². The summed E-state index contributed by atoms with van der Waals surface area (Å²) < 4.78 is 5.18. The number of benzene rings is 2. The number of aryl methyl sites for hydroxylation is 1. The van der Waals surface area contributed by atoms with E-state index in [2.05, 4.69) is 10.6 Å². The van der Waals surface area contributed by atoms with E-state index in [1.165, 1.54) is 20.1 Å². The molecule has 0 heterocycles. The fraction of sp³-hybridized carbons (Fsp3) is 0.188. The van der Waals surface area contributed by atoms with Crippen LogP contribution in [-0.4, -0.2) is 17.9 Å². The molecule has 0 saturated carbocycles. The van der Waals surface area contributed by atoms with Crippen molar-refractivity contribution in [2.75, 3.05) is 17.7 Å². The maximum atomic E-state index is 11.3. The van der Waals surface area contributed by atoms with Crippen LogP contribution in [0.2, 0.25) is 0 Å². The highest BCUT2D eigenvalue weighted by Gasteiger charge is 2.14. The lowest BCUT2D eigenvalue weighted by molar-refractivity contribution is -0.384. The number of amides is 1. The highest BCUT2D eigenvalue weighted by Crippen LogP contribution is 2.32. The monoisotopic (exact) mass is 315 g/mol. The third-order valence-electron chi connectivity index (χ3n) is 3.14. The Balaban J connectivity index is 2.37. The third-order valence-corrected chi connectivity index (χ3v) is 3.14. The largest absolute Gasteiger partial charge is 0.495 e. The number of nitro groups is 1. The zero-order valence-corrected chi connectivity index (χ0v) is 13.0. The van der Waals surface area contributed by atoms with Gasteiger partial charge in [0.2, 0.25) is 5.91 Å². The highest BCUT2D eigenvalue weighted by atomic mass is 16.6. The van der Waals surface area contributed by atoms with Crippen molar-refractivity contribution in [3.05, 3.63) is 52.1 Å². The van der Waals surface area contributed by atoms with Crippen LogP contribution < -0.4 is 15.4 Å². The summed E-state index contributed by atoms with van der Waals surface area (Å²) in [6.07, 6.45) is 0. The SMILES string of the molecule is COc1ccc(Nc2ccc(C)cc2[N+](=O)[O-])cc1NC(C)=O. The van der Waals surface area contributed by atoms with E-state index >= 15 is 0 Å². The number of hydrogen-bond acceptors (Lipinski definition) is 5. The Kier molecular flexibility index (Phi) is 4.80. The topological polar surface area (TPSA) is 93.5 Å². The predicted molar refractivity (Wildman–Crippen MR) is 88.4 cm³/mol. The average Bonchev–Trinajstić information content (AvgIpc) is 2.48. The van der Waals surface area contributed by atoms with Crippen LogP contribution in [0.4, 0.5) is 22.7 Å². The molecule has 2 aromatic rings. The minimum atomic E-state index is -0.437. The molecule has 1 amide bonds. The Morgan fingerprint density at radius 1 is 1.17 bits per heavy atom. The van der Waals surface area contributed by atoms with E-state index < -0.39 is 4.92 Å². The Bertz CT molecular complexity index is 759. The van der Waals surface area contributed by atoms with E-state index in [1.807, 2.05) is 0 Å². The van der Waals surface area contributed by atoms with E-state index in [9.17, 15) is 14.9 Å². The number of nitro benzene ring substituents is 1. The van der Waals surface area contributed by atoms with Crippen molar-refractivity contribution in [3.8, 4) is 5.75 Å². The van der Waals surface area contributed by atoms with Crippen LogP contribution >= 0.6 is 0 Å². The summed E-state index contributed by atoms with van der Waals surface area (Å²) in [6, 6.07) is 9.98. The van der Waals surface area contributed by atoms with Crippen LogP contribution in [0.25, 0.3) is 0 Å². The predicted octanol–water partition coefficient (Wildman–Crippen LogP) is 3.61. The molecule has 2 N–H and O–H groups in total. The molecule has 0 aliphatic carbocycles. The van der Waals surface area contributed by atoms with Gasteiger partial charge in [0.25, 0.3) is 5.69 Å². The molecule has 0 aliphatic heterocycles. The van der Waals surface area contributed by atoms with E-state index in [0.717, 1.165) is 5.56 Å². The van der Waals surface area contributed by atoms with Crippen LogP contribution in [0.5, 0.6) is 5.75 Å². The summed E-state index contributed by atoms with van der Waals surface area (Å²) in [4.78, 5) is 22.0. The fourth-order valence-corrected chi connectivity index (χ4v) is 2.13.